The monoisotopic (exact) mass is 538 g/mol. The molecule has 4 nitrogen and oxygen atoms in total. The Hall–Kier alpha value is -4.62. The normalized spacial score (nSPS) is 11.9. The first kappa shape index (κ1) is 23.8. The van der Waals surface area contributed by atoms with Crippen molar-refractivity contribution in [2.45, 2.75) is 0 Å². The Kier molecular flexibility index (Phi) is 4.96. The minimum atomic E-state index is -2.37. The van der Waals surface area contributed by atoms with Crippen LogP contribution in [0.25, 0.3) is 55.4 Å². The summed E-state index contributed by atoms with van der Waals surface area (Å²) in [7, 11) is 0. The molecule has 6 aromatic rings. The lowest BCUT2D eigenvalue weighted by Gasteiger charge is -2.13. The van der Waals surface area contributed by atoms with E-state index in [0.29, 0.717) is 0 Å². The number of hydrogen-bond donors (Lipinski definition) is 0. The van der Waals surface area contributed by atoms with Crippen LogP contribution >= 0.6 is 0 Å². The van der Waals surface area contributed by atoms with Crippen LogP contribution in [0.3, 0.4) is 0 Å². The topological polar surface area (TPSA) is 51.6 Å². The van der Waals surface area contributed by atoms with Gasteiger partial charge in [-0.2, -0.15) is 0 Å². The molecular formula is C24H4F10N4. The van der Waals surface area contributed by atoms with Gasteiger partial charge < -0.3 is 0 Å². The highest BCUT2D eigenvalue weighted by Crippen LogP contribution is 2.39. The number of benzene rings is 4. The van der Waals surface area contributed by atoms with Gasteiger partial charge >= 0.3 is 0 Å². The maximum Gasteiger partial charge on any atom is 0.200 e. The molecule has 4 aromatic carbocycles. The maximum atomic E-state index is 14.4. The molecule has 2 aromatic heterocycles. The highest BCUT2D eigenvalue weighted by molar-refractivity contribution is 6.20. The smallest absolute Gasteiger partial charge is 0.200 e. The molecule has 0 aliphatic carbocycles. The first-order valence-electron chi connectivity index (χ1n) is 10.2. The summed E-state index contributed by atoms with van der Waals surface area (Å²) in [6.07, 6.45) is 0. The Morgan fingerprint density at radius 3 is 1.55 bits per heavy atom. The zero-order valence-electron chi connectivity index (χ0n) is 17.9. The maximum absolute atomic E-state index is 14.4. The molecule has 38 heavy (non-hydrogen) atoms. The molecule has 0 saturated carbocycles. The van der Waals surface area contributed by atoms with E-state index in [4.69, 9.17) is 0 Å². The van der Waals surface area contributed by atoms with Crippen LogP contribution < -0.4 is 0 Å². The van der Waals surface area contributed by atoms with Crippen LogP contribution in [0.15, 0.2) is 24.3 Å². The minimum Gasteiger partial charge on any atom is -0.228 e. The van der Waals surface area contributed by atoms with E-state index in [9.17, 15) is 43.9 Å². The van der Waals surface area contributed by atoms with E-state index in [1.807, 2.05) is 0 Å². The van der Waals surface area contributed by atoms with Crippen LogP contribution in [0.5, 0.6) is 0 Å². The fraction of sp³-hybridized carbons (Fsp3) is 0. The number of aromatic nitrogens is 4. The van der Waals surface area contributed by atoms with Gasteiger partial charge in [0.25, 0.3) is 0 Å². The van der Waals surface area contributed by atoms with E-state index < -0.39 is 80.7 Å². The first-order valence-corrected chi connectivity index (χ1v) is 10.2. The van der Waals surface area contributed by atoms with Gasteiger partial charge in [-0.25, -0.2) is 53.9 Å². The fourth-order valence-electron chi connectivity index (χ4n) is 4.22. The Labute approximate surface area is 202 Å². The Morgan fingerprint density at radius 1 is 0.447 bits per heavy atom. The molecule has 0 saturated heterocycles. The van der Waals surface area contributed by atoms with Crippen LogP contribution in [0, 0.1) is 58.2 Å². The predicted molar refractivity (Wildman–Crippen MR) is 112 cm³/mol. The van der Waals surface area contributed by atoms with Crippen molar-refractivity contribution in [1.29, 1.82) is 0 Å². The molecule has 0 radical (unpaired) electrons. The Balaban J connectivity index is 1.63. The Bertz CT molecular complexity index is 1730. The van der Waals surface area contributed by atoms with E-state index >= 15 is 0 Å². The molecule has 14 heteroatoms. The average Bonchev–Trinajstić information content (AvgIpc) is 2.91. The van der Waals surface area contributed by atoms with Crippen LogP contribution in [0.2, 0.25) is 0 Å². The van der Waals surface area contributed by atoms with Gasteiger partial charge in [0.15, 0.2) is 58.0 Å². The lowest BCUT2D eigenvalue weighted by atomic mass is 9.96. The van der Waals surface area contributed by atoms with Gasteiger partial charge in [0.1, 0.15) is 0 Å². The molecule has 0 fully saturated rings. The van der Waals surface area contributed by atoms with Crippen molar-refractivity contribution < 1.29 is 43.9 Å². The van der Waals surface area contributed by atoms with Crippen molar-refractivity contribution in [3.63, 3.8) is 0 Å². The average molecular weight is 538 g/mol. The predicted octanol–water partition coefficient (Wildman–Crippen LogP) is 6.89. The second kappa shape index (κ2) is 7.94. The number of hydrogen-bond acceptors (Lipinski definition) is 4. The number of rotatable bonds is 2. The van der Waals surface area contributed by atoms with E-state index in [1.165, 1.54) is 12.1 Å². The third kappa shape index (κ3) is 3.05. The van der Waals surface area contributed by atoms with Gasteiger partial charge in [0, 0.05) is 5.39 Å². The summed E-state index contributed by atoms with van der Waals surface area (Å²) in [4.78, 5) is 7.69. The van der Waals surface area contributed by atoms with E-state index in [2.05, 4.69) is 20.2 Å². The summed E-state index contributed by atoms with van der Waals surface area (Å²) < 4.78 is 139. The summed E-state index contributed by atoms with van der Waals surface area (Å²) in [6.45, 7) is 0. The van der Waals surface area contributed by atoms with Gasteiger partial charge in [0.2, 0.25) is 11.6 Å². The molecule has 0 aliphatic rings. The Morgan fingerprint density at radius 2 is 0.974 bits per heavy atom. The zero-order valence-corrected chi connectivity index (χ0v) is 17.9. The lowest BCUT2D eigenvalue weighted by molar-refractivity contribution is 0.381. The van der Waals surface area contributed by atoms with E-state index in [0.717, 1.165) is 12.1 Å². The molecule has 0 bridgehead atoms. The van der Waals surface area contributed by atoms with Gasteiger partial charge in [-0.3, -0.25) is 0 Å². The molecule has 0 spiro atoms. The molecule has 0 unspecified atom stereocenters. The lowest BCUT2D eigenvalue weighted by Crippen LogP contribution is -2.07. The summed E-state index contributed by atoms with van der Waals surface area (Å²) in [5.74, 6) is -22.8. The molecule has 0 amide bonds. The quantitative estimate of drug-likeness (QED) is 0.104. The van der Waals surface area contributed by atoms with Crippen LogP contribution in [0.4, 0.5) is 43.9 Å². The van der Waals surface area contributed by atoms with Crippen LogP contribution in [0.1, 0.15) is 0 Å². The van der Waals surface area contributed by atoms with E-state index in [-0.39, 0.29) is 32.8 Å². The molecule has 0 aliphatic heterocycles. The van der Waals surface area contributed by atoms with Crippen molar-refractivity contribution in [2.75, 3.05) is 0 Å². The third-order valence-corrected chi connectivity index (χ3v) is 5.92. The fourth-order valence-corrected chi connectivity index (χ4v) is 4.22. The molecule has 6 rings (SSSR count). The van der Waals surface area contributed by atoms with Gasteiger partial charge in [0.05, 0.1) is 27.5 Å². The largest absolute Gasteiger partial charge is 0.228 e. The molecule has 0 N–H and O–H groups in total. The standard InChI is InChI=1S/C24H4F10N4/c25-13-10(14(26)18(30)21(33)17(13)29)6-3-5-1-2-7-11-9(5)8(4-6)37-38-24(11)36-23(35-7)12-15(27)19(31)22(34)20(32)16(12)28/h1-4H. The van der Waals surface area contributed by atoms with E-state index in [1.54, 1.807) is 0 Å². The van der Waals surface area contributed by atoms with Crippen molar-refractivity contribution in [3.05, 3.63) is 82.4 Å². The molecule has 2 heterocycles. The second-order valence-electron chi connectivity index (χ2n) is 8.01. The van der Waals surface area contributed by atoms with Crippen molar-refractivity contribution in [2.24, 2.45) is 0 Å². The zero-order chi connectivity index (χ0) is 27.2. The summed E-state index contributed by atoms with van der Waals surface area (Å²) in [5.41, 5.74) is -3.56. The second-order valence-corrected chi connectivity index (χ2v) is 8.01. The van der Waals surface area contributed by atoms with Gasteiger partial charge in [-0.05, 0) is 29.1 Å². The summed E-state index contributed by atoms with van der Waals surface area (Å²) >= 11 is 0. The SMILES string of the molecule is Fc1c(F)c(F)c(-c2cc3ccc4nc(-c5c(F)c(F)c(F)c(F)c5F)nc5nnc(c2)c3c45)c(F)c1F. The van der Waals surface area contributed by atoms with Crippen LogP contribution in [-0.4, -0.2) is 20.2 Å². The minimum absolute atomic E-state index is 0.0784. The van der Waals surface area contributed by atoms with Crippen molar-refractivity contribution in [1.82, 2.24) is 20.2 Å². The summed E-state index contributed by atoms with van der Waals surface area (Å²) in [6, 6.07) is 4.58. The number of halogens is 10. The summed E-state index contributed by atoms with van der Waals surface area (Å²) in [5, 5.41) is 7.98. The highest BCUT2D eigenvalue weighted by Gasteiger charge is 2.30. The highest BCUT2D eigenvalue weighted by atomic mass is 19.2. The molecule has 0 atom stereocenters. The third-order valence-electron chi connectivity index (χ3n) is 5.92. The van der Waals surface area contributed by atoms with Gasteiger partial charge in [-0.1, -0.05) is 6.07 Å². The van der Waals surface area contributed by atoms with Crippen molar-refractivity contribution >= 4 is 32.8 Å². The molecular weight excluding hydrogens is 534 g/mol. The van der Waals surface area contributed by atoms with Crippen LogP contribution in [-0.2, 0) is 0 Å². The number of nitrogens with zero attached hydrogens (tertiary/aromatic N) is 4. The first-order chi connectivity index (χ1) is 18.0. The molecule has 190 valence electrons. The van der Waals surface area contributed by atoms with Crippen molar-refractivity contribution in [3.8, 4) is 22.5 Å². The van der Waals surface area contributed by atoms with Gasteiger partial charge in [-0.15, -0.1) is 10.2 Å².